The molecule has 1 aromatic carbocycles. The fourth-order valence-electron chi connectivity index (χ4n) is 1.15. The van der Waals surface area contributed by atoms with Crippen molar-refractivity contribution in [3.8, 4) is 12.1 Å². The average molecular weight is 227 g/mol. The van der Waals surface area contributed by atoms with Crippen LogP contribution in [0.15, 0.2) is 30.0 Å². The van der Waals surface area contributed by atoms with Crippen LogP contribution in [0, 0.1) is 29.6 Å². The van der Waals surface area contributed by atoms with Crippen LogP contribution in [0.25, 0.3) is 0 Å². The first-order valence-electron chi connectivity index (χ1n) is 4.69. The Labute approximate surface area is 98.2 Å². The van der Waals surface area contributed by atoms with Gasteiger partial charge in [0, 0.05) is 11.9 Å². The van der Waals surface area contributed by atoms with E-state index in [0.29, 0.717) is 5.69 Å². The van der Waals surface area contributed by atoms with Gasteiger partial charge in [-0.25, -0.2) is 4.79 Å². The summed E-state index contributed by atoms with van der Waals surface area (Å²) < 4.78 is 0. The highest BCUT2D eigenvalue weighted by Gasteiger charge is 2.05. The SMILES string of the molecule is Cc1ccc(C(=O)O)cc1NC=C(C#N)C#N. The molecule has 2 N–H and O–H groups in total. The zero-order valence-electron chi connectivity index (χ0n) is 9.06. The van der Waals surface area contributed by atoms with Crippen molar-refractivity contribution in [3.63, 3.8) is 0 Å². The van der Waals surface area contributed by atoms with E-state index < -0.39 is 5.97 Å². The van der Waals surface area contributed by atoms with E-state index >= 15 is 0 Å². The Hall–Kier alpha value is -2.79. The second-order valence-electron chi connectivity index (χ2n) is 3.26. The Balaban J connectivity index is 3.04. The fraction of sp³-hybridized carbons (Fsp3) is 0.0833. The van der Waals surface area contributed by atoms with Crippen molar-refractivity contribution in [2.45, 2.75) is 6.92 Å². The van der Waals surface area contributed by atoms with Crippen molar-refractivity contribution >= 4 is 11.7 Å². The van der Waals surface area contributed by atoms with Crippen molar-refractivity contribution in [1.29, 1.82) is 10.5 Å². The lowest BCUT2D eigenvalue weighted by Crippen LogP contribution is -1.99. The van der Waals surface area contributed by atoms with Crippen LogP contribution in [0.5, 0.6) is 0 Å². The van der Waals surface area contributed by atoms with E-state index in [2.05, 4.69) is 5.32 Å². The first-order chi connectivity index (χ1) is 8.08. The summed E-state index contributed by atoms with van der Waals surface area (Å²) in [5.74, 6) is -1.03. The molecular weight excluding hydrogens is 218 g/mol. The van der Waals surface area contributed by atoms with Crippen LogP contribution >= 0.6 is 0 Å². The van der Waals surface area contributed by atoms with E-state index in [1.807, 2.05) is 0 Å². The summed E-state index contributed by atoms with van der Waals surface area (Å²) in [4.78, 5) is 10.8. The lowest BCUT2D eigenvalue weighted by Gasteiger charge is -2.06. The van der Waals surface area contributed by atoms with Gasteiger partial charge in [-0.3, -0.25) is 0 Å². The van der Waals surface area contributed by atoms with Gasteiger partial charge in [-0.05, 0) is 24.6 Å². The summed E-state index contributed by atoms with van der Waals surface area (Å²) in [6.45, 7) is 1.79. The lowest BCUT2D eigenvalue weighted by molar-refractivity contribution is 0.0697. The average Bonchev–Trinajstić information content (AvgIpc) is 2.32. The molecule has 0 spiro atoms. The molecule has 0 heterocycles. The van der Waals surface area contributed by atoms with E-state index in [1.165, 1.54) is 18.3 Å². The summed E-state index contributed by atoms with van der Waals surface area (Å²) in [5, 5.41) is 28.6. The molecule has 0 amide bonds. The molecule has 5 nitrogen and oxygen atoms in total. The summed E-state index contributed by atoms with van der Waals surface area (Å²) in [6, 6.07) is 7.98. The highest BCUT2D eigenvalue weighted by Crippen LogP contribution is 2.17. The second kappa shape index (κ2) is 5.34. The van der Waals surface area contributed by atoms with Gasteiger partial charge in [0.05, 0.1) is 5.56 Å². The molecule has 0 aliphatic rings. The molecule has 0 bridgehead atoms. The number of carboxylic acids is 1. The van der Waals surface area contributed by atoms with Crippen molar-refractivity contribution in [1.82, 2.24) is 0 Å². The van der Waals surface area contributed by atoms with Gasteiger partial charge in [0.15, 0.2) is 0 Å². The number of benzene rings is 1. The Morgan fingerprint density at radius 1 is 1.41 bits per heavy atom. The molecule has 5 heteroatoms. The number of aromatic carboxylic acids is 1. The first-order valence-corrected chi connectivity index (χ1v) is 4.69. The Kier molecular flexibility index (Phi) is 3.86. The summed E-state index contributed by atoms with van der Waals surface area (Å²) in [7, 11) is 0. The van der Waals surface area contributed by atoms with E-state index in [4.69, 9.17) is 15.6 Å². The quantitative estimate of drug-likeness (QED) is 0.770. The standard InChI is InChI=1S/C12H9N3O2/c1-8-2-3-10(12(16)17)4-11(8)15-7-9(5-13)6-14/h2-4,7,15H,1H3,(H,16,17). The van der Waals surface area contributed by atoms with Gasteiger partial charge >= 0.3 is 5.97 Å². The molecule has 0 aliphatic carbocycles. The zero-order chi connectivity index (χ0) is 12.8. The van der Waals surface area contributed by atoms with Gasteiger partial charge in [-0.1, -0.05) is 6.07 Å². The summed E-state index contributed by atoms with van der Waals surface area (Å²) in [5.41, 5.74) is 1.43. The van der Waals surface area contributed by atoms with Gasteiger partial charge in [-0.2, -0.15) is 10.5 Å². The Morgan fingerprint density at radius 3 is 2.59 bits per heavy atom. The molecule has 0 fully saturated rings. The molecule has 0 atom stereocenters. The number of nitrogens with zero attached hydrogens (tertiary/aromatic N) is 2. The number of rotatable bonds is 3. The maximum Gasteiger partial charge on any atom is 0.335 e. The van der Waals surface area contributed by atoms with Gasteiger partial charge in [-0.15, -0.1) is 0 Å². The number of nitrogens with one attached hydrogen (secondary N) is 1. The number of aryl methyl sites for hydroxylation is 1. The predicted molar refractivity (Wildman–Crippen MR) is 61.1 cm³/mol. The van der Waals surface area contributed by atoms with E-state index in [0.717, 1.165) is 5.56 Å². The molecule has 84 valence electrons. The highest BCUT2D eigenvalue weighted by molar-refractivity contribution is 5.89. The maximum absolute atomic E-state index is 10.8. The Bertz CT molecular complexity index is 546. The van der Waals surface area contributed by atoms with Crippen molar-refractivity contribution in [2.75, 3.05) is 5.32 Å². The van der Waals surface area contributed by atoms with Crippen LogP contribution in [0.1, 0.15) is 15.9 Å². The molecule has 0 saturated carbocycles. The molecule has 0 radical (unpaired) electrons. The molecule has 0 aromatic heterocycles. The molecule has 1 aromatic rings. The second-order valence-corrected chi connectivity index (χ2v) is 3.26. The molecular formula is C12H9N3O2. The van der Waals surface area contributed by atoms with Crippen molar-refractivity contribution < 1.29 is 9.90 Å². The van der Waals surface area contributed by atoms with E-state index in [9.17, 15) is 4.79 Å². The monoisotopic (exact) mass is 227 g/mol. The maximum atomic E-state index is 10.8. The topological polar surface area (TPSA) is 96.9 Å². The number of nitriles is 2. The van der Waals surface area contributed by atoms with Crippen LogP contribution in [-0.2, 0) is 0 Å². The minimum Gasteiger partial charge on any atom is -0.478 e. The first kappa shape index (κ1) is 12.3. The van der Waals surface area contributed by atoms with Gasteiger partial charge in [0.2, 0.25) is 0 Å². The molecule has 0 aliphatic heterocycles. The normalized spacial score (nSPS) is 8.65. The summed E-state index contributed by atoms with van der Waals surface area (Å²) >= 11 is 0. The van der Waals surface area contributed by atoms with Crippen LogP contribution in [0.2, 0.25) is 0 Å². The van der Waals surface area contributed by atoms with Crippen LogP contribution in [0.4, 0.5) is 5.69 Å². The van der Waals surface area contributed by atoms with Crippen LogP contribution < -0.4 is 5.32 Å². The lowest BCUT2D eigenvalue weighted by atomic mass is 10.1. The van der Waals surface area contributed by atoms with E-state index in [1.54, 1.807) is 25.1 Å². The van der Waals surface area contributed by atoms with Crippen LogP contribution in [-0.4, -0.2) is 11.1 Å². The van der Waals surface area contributed by atoms with Gasteiger partial charge in [0.25, 0.3) is 0 Å². The Morgan fingerprint density at radius 2 is 2.06 bits per heavy atom. The van der Waals surface area contributed by atoms with Crippen LogP contribution in [0.3, 0.4) is 0 Å². The molecule has 0 unspecified atom stereocenters. The molecule has 17 heavy (non-hydrogen) atoms. The van der Waals surface area contributed by atoms with E-state index in [-0.39, 0.29) is 11.1 Å². The number of allylic oxidation sites excluding steroid dienone is 1. The minimum atomic E-state index is -1.03. The predicted octanol–water partition coefficient (Wildman–Crippen LogP) is 2.04. The smallest absolute Gasteiger partial charge is 0.335 e. The fourth-order valence-corrected chi connectivity index (χ4v) is 1.15. The third-order valence-corrected chi connectivity index (χ3v) is 2.10. The largest absolute Gasteiger partial charge is 0.478 e. The number of hydrogen-bond donors (Lipinski definition) is 2. The van der Waals surface area contributed by atoms with Gasteiger partial charge in [0.1, 0.15) is 17.7 Å². The van der Waals surface area contributed by atoms with Crippen molar-refractivity contribution in [2.24, 2.45) is 0 Å². The number of carboxylic acid groups (broad SMARTS) is 1. The number of anilines is 1. The number of carbonyl (C=O) groups is 1. The third kappa shape index (κ3) is 3.08. The summed E-state index contributed by atoms with van der Waals surface area (Å²) in [6.07, 6.45) is 1.24. The molecule has 0 saturated heterocycles. The highest BCUT2D eigenvalue weighted by atomic mass is 16.4. The van der Waals surface area contributed by atoms with Gasteiger partial charge < -0.3 is 10.4 Å². The molecule has 1 rings (SSSR count). The van der Waals surface area contributed by atoms with Crippen molar-refractivity contribution in [3.05, 3.63) is 41.1 Å². The minimum absolute atomic E-state index is 0.0786. The third-order valence-electron chi connectivity index (χ3n) is 2.10. The zero-order valence-corrected chi connectivity index (χ0v) is 9.06. The number of hydrogen-bond acceptors (Lipinski definition) is 4.